The zero-order valence-electron chi connectivity index (χ0n) is 8.55. The zero-order valence-corrected chi connectivity index (χ0v) is 8.55. The molecular weight excluding hydrogens is 208 g/mol. The van der Waals surface area contributed by atoms with Crippen LogP contribution in [0.1, 0.15) is 18.4 Å². The first-order chi connectivity index (χ1) is 7.66. The summed E-state index contributed by atoms with van der Waals surface area (Å²) >= 11 is 0. The van der Waals surface area contributed by atoms with Crippen LogP contribution in [-0.2, 0) is 11.2 Å². The fourth-order valence-corrected chi connectivity index (χ4v) is 2.49. The van der Waals surface area contributed by atoms with Crippen molar-refractivity contribution in [2.75, 3.05) is 4.90 Å². The Bertz CT molecular complexity index is 494. The first-order valence-electron chi connectivity index (χ1n) is 5.18. The fourth-order valence-electron chi connectivity index (χ4n) is 2.49. The maximum atomic E-state index is 11.0. The summed E-state index contributed by atoms with van der Waals surface area (Å²) in [7, 11) is 0. The molecule has 1 amide bonds. The molecule has 1 aromatic rings. The minimum atomic E-state index is -0.399. The van der Waals surface area contributed by atoms with E-state index in [0.717, 1.165) is 36.9 Å². The van der Waals surface area contributed by atoms with Crippen LogP contribution in [0.2, 0.25) is 0 Å². The average Bonchev–Trinajstić information content (AvgIpc) is 2.94. The quantitative estimate of drug-likeness (QED) is 0.430. The summed E-state index contributed by atoms with van der Waals surface area (Å²) in [6.07, 6.45) is 3.58. The molecular formula is C11H10N2O3. The topological polar surface area (TPSA) is 63.5 Å². The molecule has 5 nitrogen and oxygen atoms in total. The van der Waals surface area contributed by atoms with Crippen LogP contribution >= 0.6 is 0 Å². The summed E-state index contributed by atoms with van der Waals surface area (Å²) in [6, 6.07) is 4.71. The lowest BCUT2D eigenvalue weighted by Gasteiger charge is -2.19. The van der Waals surface area contributed by atoms with Gasteiger partial charge in [0, 0.05) is 17.8 Å². The van der Waals surface area contributed by atoms with E-state index in [1.165, 1.54) is 6.07 Å². The largest absolute Gasteiger partial charge is 0.308 e. The van der Waals surface area contributed by atoms with E-state index in [0.29, 0.717) is 0 Å². The number of nitro groups is 1. The Balaban J connectivity index is 2.08. The second-order valence-electron chi connectivity index (χ2n) is 4.45. The van der Waals surface area contributed by atoms with Gasteiger partial charge in [-0.3, -0.25) is 14.9 Å². The number of anilines is 1. The monoisotopic (exact) mass is 218 g/mol. The van der Waals surface area contributed by atoms with Crippen molar-refractivity contribution in [3.8, 4) is 0 Å². The van der Waals surface area contributed by atoms with Crippen LogP contribution in [0.15, 0.2) is 18.2 Å². The first kappa shape index (κ1) is 9.33. The van der Waals surface area contributed by atoms with E-state index < -0.39 is 4.92 Å². The van der Waals surface area contributed by atoms with Gasteiger partial charge in [-0.05, 0) is 30.9 Å². The number of benzene rings is 1. The standard InChI is InChI=1S/C11H10N2O3/c14-7-12-10-2-1-9(13(15)16)5-8(10)6-11(12)3-4-11/h1-2,5,7H,3-4,6H2. The van der Waals surface area contributed by atoms with E-state index in [9.17, 15) is 14.9 Å². The molecule has 1 saturated carbocycles. The van der Waals surface area contributed by atoms with Crippen molar-refractivity contribution >= 4 is 17.8 Å². The molecule has 1 aromatic carbocycles. The minimum Gasteiger partial charge on any atom is -0.308 e. The molecule has 1 spiro atoms. The van der Waals surface area contributed by atoms with Crippen LogP contribution in [0.25, 0.3) is 0 Å². The number of hydrogen-bond acceptors (Lipinski definition) is 3. The van der Waals surface area contributed by atoms with Crippen LogP contribution in [0.5, 0.6) is 0 Å². The van der Waals surface area contributed by atoms with Crippen molar-refractivity contribution in [2.24, 2.45) is 0 Å². The Morgan fingerprint density at radius 1 is 1.44 bits per heavy atom. The Kier molecular flexibility index (Phi) is 1.64. The molecule has 0 radical (unpaired) electrons. The van der Waals surface area contributed by atoms with Crippen molar-refractivity contribution in [3.05, 3.63) is 33.9 Å². The van der Waals surface area contributed by atoms with E-state index in [1.807, 2.05) is 0 Å². The predicted octanol–water partition coefficient (Wildman–Crippen LogP) is 1.65. The summed E-state index contributed by atoms with van der Waals surface area (Å²) < 4.78 is 0. The molecule has 1 fully saturated rings. The van der Waals surface area contributed by atoms with Gasteiger partial charge in [-0.15, -0.1) is 0 Å². The van der Waals surface area contributed by atoms with Gasteiger partial charge in [-0.25, -0.2) is 0 Å². The fraction of sp³-hybridized carbons (Fsp3) is 0.364. The highest BCUT2D eigenvalue weighted by molar-refractivity contribution is 5.84. The number of non-ortho nitro benzene ring substituents is 1. The molecule has 0 bridgehead atoms. The normalized spacial score (nSPS) is 19.6. The number of carbonyl (C=O) groups excluding carboxylic acids is 1. The molecule has 0 aromatic heterocycles. The summed E-state index contributed by atoms with van der Waals surface area (Å²) in [5.74, 6) is 0. The highest BCUT2D eigenvalue weighted by atomic mass is 16.6. The first-order valence-corrected chi connectivity index (χ1v) is 5.18. The van der Waals surface area contributed by atoms with Crippen molar-refractivity contribution in [2.45, 2.75) is 24.8 Å². The summed E-state index contributed by atoms with van der Waals surface area (Å²) in [4.78, 5) is 23.0. The van der Waals surface area contributed by atoms with E-state index in [-0.39, 0.29) is 11.2 Å². The molecule has 0 atom stereocenters. The van der Waals surface area contributed by atoms with E-state index in [1.54, 1.807) is 17.0 Å². The Labute approximate surface area is 91.8 Å². The van der Waals surface area contributed by atoms with Gasteiger partial charge >= 0.3 is 0 Å². The lowest BCUT2D eigenvalue weighted by atomic mass is 10.1. The van der Waals surface area contributed by atoms with Gasteiger partial charge in [0.25, 0.3) is 5.69 Å². The zero-order chi connectivity index (χ0) is 11.3. The Hall–Kier alpha value is -1.91. The Morgan fingerprint density at radius 2 is 2.19 bits per heavy atom. The summed E-state index contributed by atoms with van der Waals surface area (Å²) in [5.41, 5.74) is 1.79. The maximum Gasteiger partial charge on any atom is 0.269 e. The summed E-state index contributed by atoms with van der Waals surface area (Å²) in [5, 5.41) is 10.7. The lowest BCUT2D eigenvalue weighted by molar-refractivity contribution is -0.384. The predicted molar refractivity (Wildman–Crippen MR) is 57.3 cm³/mol. The lowest BCUT2D eigenvalue weighted by Crippen LogP contribution is -2.32. The third-order valence-corrected chi connectivity index (χ3v) is 3.50. The van der Waals surface area contributed by atoms with Gasteiger partial charge in [0.2, 0.25) is 6.41 Å². The van der Waals surface area contributed by atoms with Crippen LogP contribution in [0.4, 0.5) is 11.4 Å². The molecule has 0 saturated heterocycles. The molecule has 0 N–H and O–H groups in total. The van der Waals surface area contributed by atoms with Crippen LogP contribution < -0.4 is 4.90 Å². The van der Waals surface area contributed by atoms with Crippen molar-refractivity contribution in [1.82, 2.24) is 0 Å². The molecule has 16 heavy (non-hydrogen) atoms. The molecule has 1 heterocycles. The minimum absolute atomic E-state index is 0.0562. The second-order valence-corrected chi connectivity index (χ2v) is 4.45. The highest BCUT2D eigenvalue weighted by Gasteiger charge is 2.53. The van der Waals surface area contributed by atoms with Gasteiger partial charge < -0.3 is 4.90 Å². The van der Waals surface area contributed by atoms with E-state index >= 15 is 0 Å². The highest BCUT2D eigenvalue weighted by Crippen LogP contribution is 2.52. The smallest absolute Gasteiger partial charge is 0.269 e. The molecule has 2 aliphatic rings. The van der Waals surface area contributed by atoms with Gasteiger partial charge in [-0.1, -0.05) is 0 Å². The average molecular weight is 218 g/mol. The van der Waals surface area contributed by atoms with Crippen molar-refractivity contribution < 1.29 is 9.72 Å². The number of nitro benzene ring substituents is 1. The summed E-state index contributed by atoms with van der Waals surface area (Å²) in [6.45, 7) is 0. The third kappa shape index (κ3) is 1.08. The van der Waals surface area contributed by atoms with Gasteiger partial charge in [-0.2, -0.15) is 0 Å². The number of carbonyl (C=O) groups is 1. The van der Waals surface area contributed by atoms with Crippen LogP contribution in [-0.4, -0.2) is 16.9 Å². The number of hydrogen-bond donors (Lipinski definition) is 0. The van der Waals surface area contributed by atoms with Crippen molar-refractivity contribution in [1.29, 1.82) is 0 Å². The second kappa shape index (κ2) is 2.81. The van der Waals surface area contributed by atoms with E-state index in [4.69, 9.17) is 0 Å². The van der Waals surface area contributed by atoms with Gasteiger partial charge in [0.15, 0.2) is 0 Å². The molecule has 82 valence electrons. The molecule has 0 unspecified atom stereocenters. The maximum absolute atomic E-state index is 11.0. The van der Waals surface area contributed by atoms with Crippen LogP contribution in [0, 0.1) is 10.1 Å². The molecule has 5 heteroatoms. The van der Waals surface area contributed by atoms with Gasteiger partial charge in [0.05, 0.1) is 10.5 Å². The third-order valence-electron chi connectivity index (χ3n) is 3.50. The SMILES string of the molecule is O=CN1c2ccc([N+](=O)[O-])cc2CC12CC2. The molecule has 1 aliphatic carbocycles. The van der Waals surface area contributed by atoms with Crippen molar-refractivity contribution in [3.63, 3.8) is 0 Å². The van der Waals surface area contributed by atoms with Gasteiger partial charge in [0.1, 0.15) is 0 Å². The molecule has 1 aliphatic heterocycles. The number of fused-ring (bicyclic) bond motifs is 1. The van der Waals surface area contributed by atoms with E-state index in [2.05, 4.69) is 0 Å². The number of nitrogens with zero attached hydrogens (tertiary/aromatic N) is 2. The molecule has 3 rings (SSSR count). The Morgan fingerprint density at radius 3 is 2.75 bits per heavy atom. The number of amides is 1. The van der Waals surface area contributed by atoms with Crippen LogP contribution in [0.3, 0.4) is 0 Å². The number of rotatable bonds is 2.